The predicted octanol–water partition coefficient (Wildman–Crippen LogP) is 3.37. The van der Waals surface area contributed by atoms with Crippen molar-refractivity contribution >= 4 is 31.9 Å². The fraction of sp³-hybridized carbons (Fsp3) is 0.385. The highest BCUT2D eigenvalue weighted by molar-refractivity contribution is 9.10. The molecule has 0 aliphatic heterocycles. The maximum absolute atomic E-state index is 4.29. The van der Waals surface area contributed by atoms with E-state index in [-0.39, 0.29) is 0 Å². The van der Waals surface area contributed by atoms with Crippen LogP contribution in [0.3, 0.4) is 0 Å². The van der Waals surface area contributed by atoms with Crippen molar-refractivity contribution in [2.45, 2.75) is 12.8 Å². The van der Waals surface area contributed by atoms with E-state index < -0.39 is 0 Å². The van der Waals surface area contributed by atoms with Crippen LogP contribution in [0.25, 0.3) is 0 Å². The molecule has 0 radical (unpaired) electrons. The molecule has 0 saturated heterocycles. The molecular formula is C13H15Br2N3. The van der Waals surface area contributed by atoms with Gasteiger partial charge in [-0.1, -0.05) is 50.1 Å². The monoisotopic (exact) mass is 371 g/mol. The summed E-state index contributed by atoms with van der Waals surface area (Å²) in [6.07, 6.45) is 3.57. The predicted molar refractivity (Wildman–Crippen MR) is 79.8 cm³/mol. The molecule has 0 amide bonds. The smallest absolute Gasteiger partial charge is 0.138 e. The molecule has 0 N–H and O–H groups in total. The number of halogens is 2. The van der Waals surface area contributed by atoms with Gasteiger partial charge in [0, 0.05) is 23.3 Å². The van der Waals surface area contributed by atoms with E-state index in [0.29, 0.717) is 5.92 Å². The van der Waals surface area contributed by atoms with E-state index in [1.807, 2.05) is 17.8 Å². The van der Waals surface area contributed by atoms with E-state index in [0.717, 1.165) is 24.0 Å². The van der Waals surface area contributed by atoms with Crippen LogP contribution in [-0.4, -0.2) is 20.1 Å². The maximum Gasteiger partial charge on any atom is 0.138 e. The second kappa shape index (κ2) is 6.48. The van der Waals surface area contributed by atoms with Crippen LogP contribution in [0.15, 0.2) is 35.1 Å². The number of hydrogen-bond acceptors (Lipinski definition) is 2. The molecule has 1 aromatic heterocycles. The van der Waals surface area contributed by atoms with Gasteiger partial charge in [-0.05, 0) is 24.0 Å². The molecular weight excluding hydrogens is 358 g/mol. The fourth-order valence-electron chi connectivity index (χ4n) is 1.92. The number of aryl methyl sites for hydroxylation is 1. The van der Waals surface area contributed by atoms with E-state index in [2.05, 4.69) is 60.1 Å². The zero-order chi connectivity index (χ0) is 13.0. The SMILES string of the molecule is Cn1ncnc1CC(CBr)Cc1ccccc1Br. The number of benzene rings is 1. The van der Waals surface area contributed by atoms with E-state index in [1.165, 1.54) is 10.0 Å². The average molecular weight is 373 g/mol. The molecule has 5 heteroatoms. The van der Waals surface area contributed by atoms with Crippen LogP contribution in [0, 0.1) is 5.92 Å². The second-order valence-corrected chi connectivity index (χ2v) is 5.82. The minimum absolute atomic E-state index is 0.520. The Balaban J connectivity index is 2.06. The van der Waals surface area contributed by atoms with Crippen molar-refractivity contribution in [2.24, 2.45) is 13.0 Å². The second-order valence-electron chi connectivity index (χ2n) is 4.32. The highest BCUT2D eigenvalue weighted by atomic mass is 79.9. The highest BCUT2D eigenvalue weighted by Gasteiger charge is 2.13. The quantitative estimate of drug-likeness (QED) is 0.753. The van der Waals surface area contributed by atoms with Gasteiger partial charge in [0.1, 0.15) is 12.2 Å². The molecule has 1 aromatic carbocycles. The molecule has 2 rings (SSSR count). The normalized spacial score (nSPS) is 12.6. The minimum Gasteiger partial charge on any atom is -0.253 e. The van der Waals surface area contributed by atoms with Crippen LogP contribution in [0.2, 0.25) is 0 Å². The third-order valence-electron chi connectivity index (χ3n) is 2.96. The number of hydrogen-bond donors (Lipinski definition) is 0. The molecule has 1 unspecified atom stereocenters. The Kier molecular flexibility index (Phi) is 4.95. The number of alkyl halides is 1. The van der Waals surface area contributed by atoms with Gasteiger partial charge in [0.25, 0.3) is 0 Å². The van der Waals surface area contributed by atoms with Crippen LogP contribution >= 0.6 is 31.9 Å². The molecule has 0 bridgehead atoms. The number of aromatic nitrogens is 3. The van der Waals surface area contributed by atoms with E-state index in [1.54, 1.807) is 6.33 Å². The summed E-state index contributed by atoms with van der Waals surface area (Å²) in [6.45, 7) is 0. The number of rotatable bonds is 5. The van der Waals surface area contributed by atoms with Crippen LogP contribution in [0.5, 0.6) is 0 Å². The molecule has 18 heavy (non-hydrogen) atoms. The van der Waals surface area contributed by atoms with Crippen molar-refractivity contribution < 1.29 is 0 Å². The van der Waals surface area contributed by atoms with Crippen molar-refractivity contribution in [3.63, 3.8) is 0 Å². The lowest BCUT2D eigenvalue weighted by Gasteiger charge is -2.14. The first-order chi connectivity index (χ1) is 8.70. The van der Waals surface area contributed by atoms with Crippen molar-refractivity contribution in [3.8, 4) is 0 Å². The Labute approximate surface area is 124 Å². The summed E-state index contributed by atoms with van der Waals surface area (Å²) in [4.78, 5) is 4.29. The van der Waals surface area contributed by atoms with E-state index >= 15 is 0 Å². The van der Waals surface area contributed by atoms with Gasteiger partial charge < -0.3 is 0 Å². The van der Waals surface area contributed by atoms with Crippen LogP contribution < -0.4 is 0 Å². The molecule has 96 valence electrons. The summed E-state index contributed by atoms with van der Waals surface area (Å²) >= 11 is 7.19. The topological polar surface area (TPSA) is 30.7 Å². The molecule has 1 atom stereocenters. The minimum atomic E-state index is 0.520. The highest BCUT2D eigenvalue weighted by Crippen LogP contribution is 2.22. The molecule has 0 spiro atoms. The zero-order valence-corrected chi connectivity index (χ0v) is 13.4. The number of nitrogens with zero attached hydrogens (tertiary/aromatic N) is 3. The van der Waals surface area contributed by atoms with Gasteiger partial charge in [0.2, 0.25) is 0 Å². The van der Waals surface area contributed by atoms with Gasteiger partial charge in [-0.25, -0.2) is 4.98 Å². The fourth-order valence-corrected chi connectivity index (χ4v) is 2.82. The van der Waals surface area contributed by atoms with Crippen LogP contribution in [0.1, 0.15) is 11.4 Å². The molecule has 0 saturated carbocycles. The molecule has 0 fully saturated rings. The van der Waals surface area contributed by atoms with E-state index in [4.69, 9.17) is 0 Å². The molecule has 1 heterocycles. The molecule has 0 aliphatic rings. The molecule has 2 aromatic rings. The molecule has 3 nitrogen and oxygen atoms in total. The standard InChI is InChI=1S/C13H15Br2N3/c1-18-13(16-9-17-18)7-10(8-14)6-11-4-2-3-5-12(11)15/h2-5,9-10H,6-8H2,1H3. The lowest BCUT2D eigenvalue weighted by Crippen LogP contribution is -2.13. The van der Waals surface area contributed by atoms with Gasteiger partial charge in [-0.3, -0.25) is 4.68 Å². The van der Waals surface area contributed by atoms with Gasteiger partial charge >= 0.3 is 0 Å². The Bertz CT molecular complexity index is 510. The summed E-state index contributed by atoms with van der Waals surface area (Å²) in [5.41, 5.74) is 1.34. The van der Waals surface area contributed by atoms with Gasteiger partial charge in [-0.2, -0.15) is 5.10 Å². The van der Waals surface area contributed by atoms with Gasteiger partial charge in [0.05, 0.1) is 0 Å². The molecule has 0 aliphatic carbocycles. The van der Waals surface area contributed by atoms with Crippen LogP contribution in [0.4, 0.5) is 0 Å². The maximum atomic E-state index is 4.29. The third kappa shape index (κ3) is 3.42. The van der Waals surface area contributed by atoms with Crippen molar-refractivity contribution in [3.05, 3.63) is 46.5 Å². The summed E-state index contributed by atoms with van der Waals surface area (Å²) in [6, 6.07) is 8.37. The van der Waals surface area contributed by atoms with Crippen molar-refractivity contribution in [1.29, 1.82) is 0 Å². The lowest BCUT2D eigenvalue weighted by atomic mass is 9.98. The summed E-state index contributed by atoms with van der Waals surface area (Å²) in [7, 11) is 1.94. The van der Waals surface area contributed by atoms with Crippen LogP contribution in [-0.2, 0) is 19.9 Å². The summed E-state index contributed by atoms with van der Waals surface area (Å²) < 4.78 is 3.02. The Hall–Kier alpha value is -0.680. The Morgan fingerprint density at radius 2 is 2.06 bits per heavy atom. The Morgan fingerprint density at radius 1 is 1.28 bits per heavy atom. The van der Waals surface area contributed by atoms with Crippen molar-refractivity contribution in [2.75, 3.05) is 5.33 Å². The zero-order valence-electron chi connectivity index (χ0n) is 10.2. The average Bonchev–Trinajstić information content (AvgIpc) is 2.77. The lowest BCUT2D eigenvalue weighted by molar-refractivity contribution is 0.547. The van der Waals surface area contributed by atoms with Gasteiger partial charge in [0.15, 0.2) is 0 Å². The summed E-state index contributed by atoms with van der Waals surface area (Å²) in [5, 5.41) is 5.07. The Morgan fingerprint density at radius 3 is 2.67 bits per heavy atom. The van der Waals surface area contributed by atoms with Gasteiger partial charge in [-0.15, -0.1) is 0 Å². The first-order valence-corrected chi connectivity index (χ1v) is 7.74. The van der Waals surface area contributed by atoms with Crippen molar-refractivity contribution in [1.82, 2.24) is 14.8 Å². The first-order valence-electron chi connectivity index (χ1n) is 5.83. The van der Waals surface area contributed by atoms with E-state index in [9.17, 15) is 0 Å². The summed E-state index contributed by atoms with van der Waals surface area (Å²) in [5.74, 6) is 1.55. The first kappa shape index (κ1) is 13.7. The third-order valence-corrected chi connectivity index (χ3v) is 4.65. The largest absolute Gasteiger partial charge is 0.253 e.